The summed E-state index contributed by atoms with van der Waals surface area (Å²) in [5.41, 5.74) is 0.388. The summed E-state index contributed by atoms with van der Waals surface area (Å²) in [7, 11) is -1.62. The van der Waals surface area contributed by atoms with E-state index in [0.717, 1.165) is 23.5 Å². The van der Waals surface area contributed by atoms with E-state index < -0.39 is 16.3 Å². The van der Waals surface area contributed by atoms with Gasteiger partial charge in [0.1, 0.15) is 6.54 Å². The Morgan fingerprint density at radius 1 is 1.31 bits per heavy atom. The second kappa shape index (κ2) is 10.6. The number of carbonyl (C=O) groups is 1. The van der Waals surface area contributed by atoms with Gasteiger partial charge in [0, 0.05) is 24.0 Å². The molecule has 1 aromatic carbocycles. The van der Waals surface area contributed by atoms with Crippen molar-refractivity contribution in [2.75, 3.05) is 37.2 Å². The van der Waals surface area contributed by atoms with Gasteiger partial charge in [0.25, 0.3) is 0 Å². The number of sulfonamides is 1. The maximum Gasteiger partial charge on any atom is 0.240 e. The Labute approximate surface area is 177 Å². The molecule has 2 N–H and O–H groups in total. The molecule has 3 atom stereocenters. The molecule has 2 rings (SSSR count). The molecule has 29 heavy (non-hydrogen) atoms. The number of nitrogens with one attached hydrogen (secondary N) is 1. The first-order valence-electron chi connectivity index (χ1n) is 9.60. The molecular formula is C19H30ClN3O5S. The molecule has 0 unspecified atom stereocenters. The van der Waals surface area contributed by atoms with E-state index >= 15 is 0 Å². The molecular weight excluding hydrogens is 418 g/mol. The number of aliphatic hydroxyl groups is 1. The molecule has 0 saturated carbocycles. The Kier molecular flexibility index (Phi) is 8.72. The van der Waals surface area contributed by atoms with Crippen LogP contribution < -0.4 is 9.62 Å². The fraction of sp³-hybridized carbons (Fsp3) is 0.632. The molecule has 1 fully saturated rings. The predicted octanol–water partition coefficient (Wildman–Crippen LogP) is 1.43. The first kappa shape index (κ1) is 23.9. The summed E-state index contributed by atoms with van der Waals surface area (Å²) < 4.78 is 30.5. The Balaban J connectivity index is 1.80. The third-order valence-corrected chi connectivity index (χ3v) is 6.29. The normalized spacial score (nSPS) is 22.5. The van der Waals surface area contributed by atoms with Crippen molar-refractivity contribution in [3.8, 4) is 0 Å². The fourth-order valence-corrected chi connectivity index (χ4v) is 4.37. The van der Waals surface area contributed by atoms with Crippen molar-refractivity contribution in [2.45, 2.75) is 44.6 Å². The van der Waals surface area contributed by atoms with E-state index in [1.165, 1.54) is 0 Å². The molecule has 164 valence electrons. The number of hydrogen-bond acceptors (Lipinski definition) is 6. The number of carbonyl (C=O) groups excluding carboxylic acids is 1. The minimum Gasteiger partial charge on any atom is -0.368 e. The van der Waals surface area contributed by atoms with Gasteiger partial charge < -0.3 is 20.1 Å². The highest BCUT2D eigenvalue weighted by Crippen LogP contribution is 2.22. The molecule has 0 aliphatic carbocycles. The van der Waals surface area contributed by atoms with Gasteiger partial charge in [-0.2, -0.15) is 0 Å². The second-order valence-corrected chi connectivity index (χ2v) is 9.80. The van der Waals surface area contributed by atoms with E-state index in [1.807, 2.05) is 14.0 Å². The van der Waals surface area contributed by atoms with Crippen LogP contribution in [0.4, 0.5) is 5.69 Å². The average Bonchev–Trinajstić information content (AvgIpc) is 2.62. The van der Waals surface area contributed by atoms with Gasteiger partial charge in [-0.25, -0.2) is 8.42 Å². The van der Waals surface area contributed by atoms with Gasteiger partial charge in [0.2, 0.25) is 15.9 Å². The number of anilines is 1. The zero-order chi connectivity index (χ0) is 21.6. The van der Waals surface area contributed by atoms with Crippen LogP contribution in [-0.2, 0) is 19.6 Å². The minimum atomic E-state index is -3.61. The molecule has 0 spiro atoms. The van der Waals surface area contributed by atoms with Crippen LogP contribution in [0.25, 0.3) is 0 Å². The van der Waals surface area contributed by atoms with Gasteiger partial charge in [0.05, 0.1) is 18.0 Å². The quantitative estimate of drug-likeness (QED) is 0.555. The first-order valence-corrected chi connectivity index (χ1v) is 11.8. The minimum absolute atomic E-state index is 0.0146. The van der Waals surface area contributed by atoms with E-state index in [2.05, 4.69) is 10.2 Å². The lowest BCUT2D eigenvalue weighted by atomic mass is 10.0. The predicted molar refractivity (Wildman–Crippen MR) is 113 cm³/mol. The summed E-state index contributed by atoms with van der Waals surface area (Å²) in [6.07, 6.45) is 2.47. The lowest BCUT2D eigenvalue weighted by Gasteiger charge is -2.36. The first-order chi connectivity index (χ1) is 13.6. The van der Waals surface area contributed by atoms with Gasteiger partial charge in [0.15, 0.2) is 6.29 Å². The lowest BCUT2D eigenvalue weighted by Crippen LogP contribution is -2.44. The Morgan fingerprint density at radius 3 is 2.55 bits per heavy atom. The standard InChI is InChI=1S/C19H30ClN3O5S/c1-14-11-17(12-19(25)28-14)22(2)10-4-9-21-18(24)13-23(29(3,26)27)16-7-5-15(20)6-8-16/h5-8,14,17,19,25H,4,9-13H2,1-3H3,(H,21,24)/t14-,17+,19-/m1/s1. The molecule has 1 aliphatic heterocycles. The molecule has 0 aromatic heterocycles. The summed E-state index contributed by atoms with van der Waals surface area (Å²) in [4.78, 5) is 14.4. The molecule has 10 heteroatoms. The highest BCUT2D eigenvalue weighted by molar-refractivity contribution is 7.92. The summed E-state index contributed by atoms with van der Waals surface area (Å²) >= 11 is 5.85. The summed E-state index contributed by atoms with van der Waals surface area (Å²) in [6.45, 7) is 2.83. The molecule has 1 heterocycles. The van der Waals surface area contributed by atoms with Crippen LogP contribution in [0.5, 0.6) is 0 Å². The van der Waals surface area contributed by atoms with Crippen molar-refractivity contribution in [3.63, 3.8) is 0 Å². The zero-order valence-electron chi connectivity index (χ0n) is 17.0. The maximum atomic E-state index is 12.3. The van der Waals surface area contributed by atoms with Crippen molar-refractivity contribution >= 4 is 33.2 Å². The summed E-state index contributed by atoms with van der Waals surface area (Å²) in [6, 6.07) is 6.52. The lowest BCUT2D eigenvalue weighted by molar-refractivity contribution is -0.173. The van der Waals surface area contributed by atoms with Gasteiger partial charge in [-0.15, -0.1) is 0 Å². The topological polar surface area (TPSA) is 99.2 Å². The Hall–Kier alpha value is -1.39. The van der Waals surface area contributed by atoms with Crippen molar-refractivity contribution in [1.82, 2.24) is 10.2 Å². The number of rotatable bonds is 9. The molecule has 1 aliphatic rings. The van der Waals surface area contributed by atoms with E-state index in [9.17, 15) is 18.3 Å². The number of hydrogen-bond donors (Lipinski definition) is 2. The number of halogens is 1. The highest BCUT2D eigenvalue weighted by Gasteiger charge is 2.28. The second-order valence-electron chi connectivity index (χ2n) is 7.46. The molecule has 0 bridgehead atoms. The van der Waals surface area contributed by atoms with Crippen LogP contribution in [-0.4, -0.2) is 75.7 Å². The van der Waals surface area contributed by atoms with Gasteiger partial charge in [-0.1, -0.05) is 11.6 Å². The van der Waals surface area contributed by atoms with E-state index in [0.29, 0.717) is 30.1 Å². The SMILES string of the molecule is C[C@@H]1C[C@H](N(C)CCCNC(=O)CN(c2ccc(Cl)cc2)S(C)(=O)=O)C[C@H](O)O1. The monoisotopic (exact) mass is 447 g/mol. The third-order valence-electron chi connectivity index (χ3n) is 4.90. The molecule has 1 amide bonds. The zero-order valence-corrected chi connectivity index (χ0v) is 18.6. The number of benzene rings is 1. The van der Waals surface area contributed by atoms with Crippen molar-refractivity contribution in [1.29, 1.82) is 0 Å². The Morgan fingerprint density at radius 2 is 1.97 bits per heavy atom. The number of ether oxygens (including phenoxy) is 1. The largest absolute Gasteiger partial charge is 0.368 e. The number of nitrogens with zero attached hydrogens (tertiary/aromatic N) is 2. The van der Waals surface area contributed by atoms with Crippen molar-refractivity contribution in [2.24, 2.45) is 0 Å². The maximum absolute atomic E-state index is 12.3. The number of aliphatic hydroxyl groups excluding tert-OH is 1. The average molecular weight is 448 g/mol. The smallest absolute Gasteiger partial charge is 0.240 e. The van der Waals surface area contributed by atoms with Crippen LogP contribution in [0, 0.1) is 0 Å². The third kappa shape index (κ3) is 7.75. The van der Waals surface area contributed by atoms with Crippen molar-refractivity contribution in [3.05, 3.63) is 29.3 Å². The van der Waals surface area contributed by atoms with Gasteiger partial charge in [-0.05, 0) is 57.6 Å². The van der Waals surface area contributed by atoms with Crippen LogP contribution in [0.15, 0.2) is 24.3 Å². The summed E-state index contributed by atoms with van der Waals surface area (Å²) in [5, 5.41) is 13.0. The fourth-order valence-electron chi connectivity index (χ4n) is 3.38. The molecule has 1 saturated heterocycles. The molecule has 0 radical (unpaired) electrons. The van der Waals surface area contributed by atoms with Crippen LogP contribution >= 0.6 is 11.6 Å². The molecule has 1 aromatic rings. The molecule has 8 nitrogen and oxygen atoms in total. The van der Waals surface area contributed by atoms with E-state index in [4.69, 9.17) is 16.3 Å². The van der Waals surface area contributed by atoms with E-state index in [1.54, 1.807) is 24.3 Å². The van der Waals surface area contributed by atoms with Crippen molar-refractivity contribution < 1.29 is 23.1 Å². The van der Waals surface area contributed by atoms with E-state index in [-0.39, 0.29) is 24.6 Å². The van der Waals surface area contributed by atoms with Crippen LogP contribution in [0.2, 0.25) is 5.02 Å². The summed E-state index contributed by atoms with van der Waals surface area (Å²) in [5.74, 6) is -0.372. The van der Waals surface area contributed by atoms with Crippen LogP contribution in [0.1, 0.15) is 26.2 Å². The number of amides is 1. The van der Waals surface area contributed by atoms with Crippen LogP contribution in [0.3, 0.4) is 0 Å². The van der Waals surface area contributed by atoms with Gasteiger partial charge in [-0.3, -0.25) is 9.10 Å². The highest BCUT2D eigenvalue weighted by atomic mass is 35.5. The Bertz CT molecular complexity index is 765. The van der Waals surface area contributed by atoms with Gasteiger partial charge >= 0.3 is 0 Å².